The fourth-order valence-corrected chi connectivity index (χ4v) is 1.29. The van der Waals surface area contributed by atoms with Crippen LogP contribution in [0.4, 0.5) is 13.2 Å². The van der Waals surface area contributed by atoms with E-state index >= 15 is 0 Å². The Morgan fingerprint density at radius 2 is 2.00 bits per heavy atom. The van der Waals surface area contributed by atoms with Crippen LogP contribution in [0.15, 0.2) is 24.3 Å². The van der Waals surface area contributed by atoms with Crippen LogP contribution in [0.3, 0.4) is 0 Å². The standard InChI is InChI=1S/C12H9F3/c1-3-6-9-7-5-8-11(10(9)4-2)12(13,14)15/h2-3,5-8H,1H3/b6-3-. The van der Waals surface area contributed by atoms with Gasteiger partial charge in [0.15, 0.2) is 0 Å². The number of rotatable bonds is 1. The number of hydrogen-bond acceptors (Lipinski definition) is 0. The molecule has 0 aromatic heterocycles. The van der Waals surface area contributed by atoms with Crippen LogP contribution in [-0.2, 0) is 6.18 Å². The van der Waals surface area contributed by atoms with E-state index in [1.807, 2.05) is 0 Å². The van der Waals surface area contributed by atoms with Crippen molar-refractivity contribution in [1.29, 1.82) is 0 Å². The van der Waals surface area contributed by atoms with Gasteiger partial charge in [-0.05, 0) is 18.6 Å². The highest BCUT2D eigenvalue weighted by atomic mass is 19.4. The van der Waals surface area contributed by atoms with Gasteiger partial charge in [-0.25, -0.2) is 0 Å². The number of halogens is 3. The van der Waals surface area contributed by atoms with Crippen LogP contribution in [-0.4, -0.2) is 0 Å². The minimum absolute atomic E-state index is 0.108. The molecule has 0 spiro atoms. The summed E-state index contributed by atoms with van der Waals surface area (Å²) in [6.45, 7) is 1.72. The lowest BCUT2D eigenvalue weighted by Gasteiger charge is -2.10. The summed E-state index contributed by atoms with van der Waals surface area (Å²) < 4.78 is 37.6. The second-order valence-electron chi connectivity index (χ2n) is 2.91. The smallest absolute Gasteiger partial charge is 0.166 e. The van der Waals surface area contributed by atoms with Gasteiger partial charge in [0.1, 0.15) is 0 Å². The lowest BCUT2D eigenvalue weighted by molar-refractivity contribution is -0.137. The summed E-state index contributed by atoms with van der Waals surface area (Å²) in [5, 5.41) is 0. The molecule has 0 aliphatic carbocycles. The van der Waals surface area contributed by atoms with Crippen molar-refractivity contribution < 1.29 is 13.2 Å². The first-order valence-electron chi connectivity index (χ1n) is 4.30. The lowest BCUT2D eigenvalue weighted by Crippen LogP contribution is -2.08. The second kappa shape index (κ2) is 4.22. The van der Waals surface area contributed by atoms with Crippen LogP contribution < -0.4 is 0 Å². The minimum atomic E-state index is -4.40. The number of alkyl halides is 3. The maximum absolute atomic E-state index is 12.5. The summed E-state index contributed by atoms with van der Waals surface area (Å²) in [5.74, 6) is 2.08. The predicted octanol–water partition coefficient (Wildman–Crippen LogP) is 3.72. The highest BCUT2D eigenvalue weighted by molar-refractivity contribution is 5.61. The fraction of sp³-hybridized carbons (Fsp3) is 0.167. The number of benzene rings is 1. The molecule has 0 aliphatic heterocycles. The third-order valence-corrected chi connectivity index (χ3v) is 1.89. The maximum atomic E-state index is 12.5. The van der Waals surface area contributed by atoms with E-state index in [0.29, 0.717) is 5.56 Å². The van der Waals surface area contributed by atoms with E-state index < -0.39 is 11.7 Å². The van der Waals surface area contributed by atoms with Crippen LogP contribution in [0.2, 0.25) is 0 Å². The molecule has 0 aliphatic rings. The van der Waals surface area contributed by atoms with E-state index in [1.165, 1.54) is 6.07 Å². The van der Waals surface area contributed by atoms with Gasteiger partial charge in [-0.3, -0.25) is 0 Å². The highest BCUT2D eigenvalue weighted by Crippen LogP contribution is 2.33. The van der Waals surface area contributed by atoms with Crippen LogP contribution >= 0.6 is 0 Å². The maximum Gasteiger partial charge on any atom is 0.417 e. The Balaban J connectivity index is 3.43. The van der Waals surface area contributed by atoms with Crippen molar-refractivity contribution in [1.82, 2.24) is 0 Å². The van der Waals surface area contributed by atoms with Crippen molar-refractivity contribution in [3.05, 3.63) is 41.0 Å². The molecule has 78 valence electrons. The Morgan fingerprint density at radius 3 is 2.47 bits per heavy atom. The van der Waals surface area contributed by atoms with Gasteiger partial charge < -0.3 is 0 Å². The lowest BCUT2D eigenvalue weighted by atomic mass is 10.0. The van der Waals surface area contributed by atoms with Gasteiger partial charge >= 0.3 is 6.18 Å². The van der Waals surface area contributed by atoms with Gasteiger partial charge in [0.05, 0.1) is 5.56 Å². The second-order valence-corrected chi connectivity index (χ2v) is 2.91. The van der Waals surface area contributed by atoms with Crippen molar-refractivity contribution in [3.63, 3.8) is 0 Å². The summed E-state index contributed by atoms with van der Waals surface area (Å²) in [6, 6.07) is 3.89. The van der Waals surface area contributed by atoms with Crippen molar-refractivity contribution in [2.75, 3.05) is 0 Å². The van der Waals surface area contributed by atoms with Crippen LogP contribution in [0, 0.1) is 12.3 Å². The Labute approximate surface area is 86.4 Å². The third kappa shape index (κ3) is 2.41. The Kier molecular flexibility index (Phi) is 3.21. The predicted molar refractivity (Wildman–Crippen MR) is 54.1 cm³/mol. The van der Waals surface area contributed by atoms with Crippen molar-refractivity contribution >= 4 is 6.08 Å². The SMILES string of the molecule is C#Cc1c(/C=C\C)cccc1C(F)(F)F. The molecular formula is C12H9F3. The molecular weight excluding hydrogens is 201 g/mol. The van der Waals surface area contributed by atoms with E-state index in [1.54, 1.807) is 25.1 Å². The van der Waals surface area contributed by atoms with Gasteiger partial charge in [-0.2, -0.15) is 13.2 Å². The minimum Gasteiger partial charge on any atom is -0.166 e. The molecule has 0 bridgehead atoms. The Bertz CT molecular complexity index is 419. The summed E-state index contributed by atoms with van der Waals surface area (Å²) in [5.41, 5.74) is -0.460. The van der Waals surface area contributed by atoms with Gasteiger partial charge in [0.25, 0.3) is 0 Å². The number of hydrogen-bond donors (Lipinski definition) is 0. The molecule has 0 saturated carbocycles. The topological polar surface area (TPSA) is 0 Å². The first kappa shape index (κ1) is 11.4. The van der Waals surface area contributed by atoms with Gasteiger partial charge in [-0.1, -0.05) is 30.2 Å². The normalized spacial score (nSPS) is 11.7. The van der Waals surface area contributed by atoms with Crippen LogP contribution in [0.25, 0.3) is 6.08 Å². The van der Waals surface area contributed by atoms with Crippen LogP contribution in [0.1, 0.15) is 23.6 Å². The van der Waals surface area contributed by atoms with Crippen LogP contribution in [0.5, 0.6) is 0 Å². The molecule has 3 heteroatoms. The Hall–Kier alpha value is -1.69. The molecule has 1 aromatic carbocycles. The summed E-state index contributed by atoms with van der Waals surface area (Å²) in [7, 11) is 0. The zero-order chi connectivity index (χ0) is 11.5. The molecule has 15 heavy (non-hydrogen) atoms. The summed E-state index contributed by atoms with van der Waals surface area (Å²) >= 11 is 0. The molecule has 0 atom stereocenters. The average molecular weight is 210 g/mol. The van der Waals surface area contributed by atoms with E-state index in [9.17, 15) is 13.2 Å². The van der Waals surface area contributed by atoms with E-state index in [2.05, 4.69) is 5.92 Å². The average Bonchev–Trinajstić information content (AvgIpc) is 2.16. The van der Waals surface area contributed by atoms with Gasteiger partial charge in [-0.15, -0.1) is 6.42 Å². The molecule has 0 amide bonds. The summed E-state index contributed by atoms with van der Waals surface area (Å²) in [6.07, 6.45) is 3.90. The molecule has 0 heterocycles. The molecule has 1 rings (SSSR count). The Morgan fingerprint density at radius 1 is 1.33 bits per heavy atom. The van der Waals surface area contributed by atoms with E-state index in [4.69, 9.17) is 6.42 Å². The molecule has 1 aromatic rings. The van der Waals surface area contributed by atoms with Crippen molar-refractivity contribution in [3.8, 4) is 12.3 Å². The molecule has 0 N–H and O–H groups in total. The quantitative estimate of drug-likeness (QED) is 0.620. The van der Waals surface area contributed by atoms with Gasteiger partial charge in [0.2, 0.25) is 0 Å². The zero-order valence-electron chi connectivity index (χ0n) is 8.10. The monoisotopic (exact) mass is 210 g/mol. The third-order valence-electron chi connectivity index (χ3n) is 1.89. The van der Waals surface area contributed by atoms with Crippen molar-refractivity contribution in [2.45, 2.75) is 13.1 Å². The number of terminal acetylenes is 1. The van der Waals surface area contributed by atoms with Crippen molar-refractivity contribution in [2.24, 2.45) is 0 Å². The summed E-state index contributed by atoms with van der Waals surface area (Å²) in [4.78, 5) is 0. The van der Waals surface area contributed by atoms with E-state index in [0.717, 1.165) is 6.07 Å². The number of allylic oxidation sites excluding steroid dienone is 1. The molecule has 0 nitrogen and oxygen atoms in total. The molecule has 0 radical (unpaired) electrons. The fourth-order valence-electron chi connectivity index (χ4n) is 1.29. The molecule has 0 saturated heterocycles. The first-order chi connectivity index (χ1) is 7.00. The first-order valence-corrected chi connectivity index (χ1v) is 4.30. The molecule has 0 fully saturated rings. The highest BCUT2D eigenvalue weighted by Gasteiger charge is 2.33. The van der Waals surface area contributed by atoms with Gasteiger partial charge in [0, 0.05) is 5.56 Å². The molecule has 0 unspecified atom stereocenters. The zero-order valence-corrected chi connectivity index (χ0v) is 8.10. The van der Waals surface area contributed by atoms with E-state index in [-0.39, 0.29) is 5.56 Å². The largest absolute Gasteiger partial charge is 0.417 e.